The fourth-order valence-electron chi connectivity index (χ4n) is 1.04. The highest BCUT2D eigenvalue weighted by Gasteiger charge is 1.99. The highest BCUT2D eigenvalue weighted by molar-refractivity contribution is 5.72. The molecule has 14 heavy (non-hydrogen) atoms. The molecule has 0 aliphatic carbocycles. The van der Waals surface area contributed by atoms with Crippen LogP contribution in [0.2, 0.25) is 0 Å². The first-order chi connectivity index (χ1) is 6.59. The second-order valence-electron chi connectivity index (χ2n) is 3.33. The van der Waals surface area contributed by atoms with E-state index in [1.807, 2.05) is 31.1 Å². The fourth-order valence-corrected chi connectivity index (χ4v) is 1.04. The van der Waals surface area contributed by atoms with Crippen molar-refractivity contribution < 1.29 is 4.79 Å². The second kappa shape index (κ2) is 4.60. The molecule has 0 unspecified atom stereocenters. The first kappa shape index (κ1) is 10.5. The molecule has 1 rings (SSSR count). The van der Waals surface area contributed by atoms with Gasteiger partial charge in [0.05, 0.1) is 0 Å². The SMILES string of the molecule is CC(=O)NCc1ccnc(N(C)C)c1. The lowest BCUT2D eigenvalue weighted by molar-refractivity contribution is -0.119. The van der Waals surface area contributed by atoms with Crippen LogP contribution in [0.25, 0.3) is 0 Å². The number of carbonyl (C=O) groups is 1. The van der Waals surface area contributed by atoms with Crippen LogP contribution in [0.1, 0.15) is 12.5 Å². The molecular weight excluding hydrogens is 178 g/mol. The monoisotopic (exact) mass is 193 g/mol. The molecule has 0 fully saturated rings. The number of anilines is 1. The summed E-state index contributed by atoms with van der Waals surface area (Å²) >= 11 is 0. The third kappa shape index (κ3) is 3.05. The molecule has 0 aliphatic rings. The minimum atomic E-state index is -0.0202. The molecule has 0 aliphatic heterocycles. The van der Waals surface area contributed by atoms with E-state index in [0.717, 1.165) is 11.4 Å². The predicted molar refractivity (Wildman–Crippen MR) is 56.1 cm³/mol. The Hall–Kier alpha value is -1.58. The maximum atomic E-state index is 10.7. The number of nitrogens with zero attached hydrogens (tertiary/aromatic N) is 2. The van der Waals surface area contributed by atoms with Gasteiger partial charge >= 0.3 is 0 Å². The van der Waals surface area contributed by atoms with E-state index in [2.05, 4.69) is 10.3 Å². The Bertz CT molecular complexity index is 323. The van der Waals surface area contributed by atoms with Crippen LogP contribution in [0.5, 0.6) is 0 Å². The van der Waals surface area contributed by atoms with Crippen LogP contribution < -0.4 is 10.2 Å². The first-order valence-electron chi connectivity index (χ1n) is 4.46. The largest absolute Gasteiger partial charge is 0.363 e. The molecule has 0 saturated heterocycles. The lowest BCUT2D eigenvalue weighted by Gasteiger charge is -2.12. The van der Waals surface area contributed by atoms with E-state index in [1.54, 1.807) is 6.20 Å². The van der Waals surface area contributed by atoms with Crippen LogP contribution in [0.15, 0.2) is 18.3 Å². The van der Waals surface area contributed by atoms with Crippen molar-refractivity contribution in [2.45, 2.75) is 13.5 Å². The first-order valence-corrected chi connectivity index (χ1v) is 4.46. The van der Waals surface area contributed by atoms with Gasteiger partial charge in [0, 0.05) is 33.8 Å². The van der Waals surface area contributed by atoms with Gasteiger partial charge in [-0.15, -0.1) is 0 Å². The summed E-state index contributed by atoms with van der Waals surface area (Å²) in [6, 6.07) is 3.85. The number of amides is 1. The van der Waals surface area contributed by atoms with Crippen LogP contribution in [-0.4, -0.2) is 25.0 Å². The summed E-state index contributed by atoms with van der Waals surface area (Å²) in [7, 11) is 3.87. The average Bonchev–Trinajstić information content (AvgIpc) is 2.15. The van der Waals surface area contributed by atoms with E-state index >= 15 is 0 Å². The van der Waals surface area contributed by atoms with Crippen LogP contribution >= 0.6 is 0 Å². The van der Waals surface area contributed by atoms with E-state index in [1.165, 1.54) is 6.92 Å². The van der Waals surface area contributed by atoms with Crippen molar-refractivity contribution in [3.63, 3.8) is 0 Å². The van der Waals surface area contributed by atoms with Crippen molar-refractivity contribution in [1.82, 2.24) is 10.3 Å². The molecule has 4 heteroatoms. The second-order valence-corrected chi connectivity index (χ2v) is 3.33. The lowest BCUT2D eigenvalue weighted by Crippen LogP contribution is -2.19. The topological polar surface area (TPSA) is 45.2 Å². The Morgan fingerprint density at radius 2 is 2.29 bits per heavy atom. The van der Waals surface area contributed by atoms with Crippen molar-refractivity contribution >= 4 is 11.7 Å². The van der Waals surface area contributed by atoms with Crippen LogP contribution in [0.4, 0.5) is 5.82 Å². The number of nitrogens with one attached hydrogen (secondary N) is 1. The van der Waals surface area contributed by atoms with Crippen LogP contribution in [0, 0.1) is 0 Å². The normalized spacial score (nSPS) is 9.64. The summed E-state index contributed by atoms with van der Waals surface area (Å²) in [6.45, 7) is 2.06. The van der Waals surface area contributed by atoms with Crippen molar-refractivity contribution in [2.24, 2.45) is 0 Å². The van der Waals surface area contributed by atoms with Gasteiger partial charge in [-0.1, -0.05) is 0 Å². The Labute approximate surface area is 83.9 Å². The molecular formula is C10H15N3O. The number of carbonyl (C=O) groups excluding carboxylic acids is 1. The zero-order valence-corrected chi connectivity index (χ0v) is 8.74. The smallest absolute Gasteiger partial charge is 0.217 e. The molecule has 1 heterocycles. The van der Waals surface area contributed by atoms with E-state index in [-0.39, 0.29) is 5.91 Å². The van der Waals surface area contributed by atoms with E-state index < -0.39 is 0 Å². The minimum Gasteiger partial charge on any atom is -0.363 e. The summed E-state index contributed by atoms with van der Waals surface area (Å²) < 4.78 is 0. The van der Waals surface area contributed by atoms with Gasteiger partial charge in [0.25, 0.3) is 0 Å². The number of pyridine rings is 1. The van der Waals surface area contributed by atoms with Gasteiger partial charge in [0.2, 0.25) is 5.91 Å². The van der Waals surface area contributed by atoms with Gasteiger partial charge in [-0.3, -0.25) is 4.79 Å². The van der Waals surface area contributed by atoms with Gasteiger partial charge in [-0.25, -0.2) is 4.98 Å². The number of rotatable bonds is 3. The lowest BCUT2D eigenvalue weighted by atomic mass is 10.2. The third-order valence-electron chi connectivity index (χ3n) is 1.81. The molecule has 0 spiro atoms. The maximum absolute atomic E-state index is 10.7. The molecule has 0 saturated carbocycles. The van der Waals surface area contributed by atoms with E-state index in [4.69, 9.17) is 0 Å². The van der Waals surface area contributed by atoms with Crippen LogP contribution in [-0.2, 0) is 11.3 Å². The Morgan fingerprint density at radius 3 is 2.86 bits per heavy atom. The molecule has 1 N–H and O–H groups in total. The van der Waals surface area contributed by atoms with Gasteiger partial charge in [0.15, 0.2) is 0 Å². The Balaban J connectivity index is 2.68. The highest BCUT2D eigenvalue weighted by atomic mass is 16.1. The standard InChI is InChI=1S/C10H15N3O/c1-8(14)12-7-9-4-5-11-10(6-9)13(2)3/h4-6H,7H2,1-3H3,(H,12,14). The number of hydrogen-bond acceptors (Lipinski definition) is 3. The average molecular weight is 193 g/mol. The Kier molecular flexibility index (Phi) is 3.45. The molecule has 0 bridgehead atoms. The summed E-state index contributed by atoms with van der Waals surface area (Å²) in [6.07, 6.45) is 1.74. The van der Waals surface area contributed by atoms with Crippen molar-refractivity contribution in [2.75, 3.05) is 19.0 Å². The fraction of sp³-hybridized carbons (Fsp3) is 0.400. The van der Waals surface area contributed by atoms with Crippen LogP contribution in [0.3, 0.4) is 0 Å². The summed E-state index contributed by atoms with van der Waals surface area (Å²) in [5.74, 6) is 0.876. The summed E-state index contributed by atoms with van der Waals surface area (Å²) in [4.78, 5) is 16.8. The van der Waals surface area contributed by atoms with Gasteiger partial charge in [0.1, 0.15) is 5.82 Å². The van der Waals surface area contributed by atoms with Gasteiger partial charge < -0.3 is 10.2 Å². The molecule has 0 atom stereocenters. The summed E-state index contributed by atoms with van der Waals surface area (Å²) in [5.41, 5.74) is 1.05. The minimum absolute atomic E-state index is 0.0202. The van der Waals surface area contributed by atoms with Gasteiger partial charge in [-0.05, 0) is 17.7 Å². The molecule has 1 amide bonds. The number of hydrogen-bond donors (Lipinski definition) is 1. The third-order valence-corrected chi connectivity index (χ3v) is 1.81. The maximum Gasteiger partial charge on any atom is 0.217 e. The zero-order chi connectivity index (χ0) is 10.6. The molecule has 76 valence electrons. The van der Waals surface area contributed by atoms with Crippen molar-refractivity contribution in [3.8, 4) is 0 Å². The van der Waals surface area contributed by atoms with Crippen molar-refractivity contribution in [3.05, 3.63) is 23.9 Å². The van der Waals surface area contributed by atoms with E-state index in [9.17, 15) is 4.79 Å². The zero-order valence-electron chi connectivity index (χ0n) is 8.74. The molecule has 0 aromatic carbocycles. The molecule has 1 aromatic heterocycles. The molecule has 1 aromatic rings. The van der Waals surface area contributed by atoms with Gasteiger partial charge in [-0.2, -0.15) is 0 Å². The predicted octanol–water partition coefficient (Wildman–Crippen LogP) is 0.784. The van der Waals surface area contributed by atoms with E-state index in [0.29, 0.717) is 6.54 Å². The van der Waals surface area contributed by atoms with Crippen molar-refractivity contribution in [1.29, 1.82) is 0 Å². The highest BCUT2D eigenvalue weighted by Crippen LogP contribution is 2.08. The quantitative estimate of drug-likeness (QED) is 0.771. The summed E-state index contributed by atoms with van der Waals surface area (Å²) in [5, 5.41) is 2.74. The number of aromatic nitrogens is 1. The Morgan fingerprint density at radius 1 is 1.57 bits per heavy atom. The molecule has 4 nitrogen and oxygen atoms in total. The molecule has 0 radical (unpaired) electrons.